The van der Waals surface area contributed by atoms with Gasteiger partial charge in [0.25, 0.3) is 0 Å². The number of aromatic nitrogens is 1. The van der Waals surface area contributed by atoms with Gasteiger partial charge in [0, 0.05) is 23.5 Å². The first kappa shape index (κ1) is 19.3. The van der Waals surface area contributed by atoms with E-state index in [1.54, 1.807) is 0 Å². The molecule has 1 heterocycles. The number of thiazole rings is 1. The first-order valence-electron chi connectivity index (χ1n) is 7.59. The molecule has 1 N–H and O–H groups in total. The Kier molecular flexibility index (Phi) is 6.12. The van der Waals surface area contributed by atoms with Crippen LogP contribution in [0.5, 0.6) is 0 Å². The van der Waals surface area contributed by atoms with Crippen LogP contribution in [-0.4, -0.2) is 38.7 Å². The summed E-state index contributed by atoms with van der Waals surface area (Å²) in [6.45, 7) is 3.76. The number of nitrogens with one attached hydrogen (secondary N) is 1. The normalized spacial score (nSPS) is 12.6. The number of halogens is 1. The molecule has 25 heavy (non-hydrogen) atoms. The predicted octanol–water partition coefficient (Wildman–Crippen LogP) is 2.28. The lowest BCUT2D eigenvalue weighted by Gasteiger charge is -2.22. The van der Waals surface area contributed by atoms with Crippen molar-refractivity contribution in [3.8, 4) is 0 Å². The molecule has 1 amide bonds. The number of carbonyl (C=O) groups is 1. The first-order chi connectivity index (χ1) is 11.7. The van der Waals surface area contributed by atoms with Crippen molar-refractivity contribution in [2.24, 2.45) is 0 Å². The summed E-state index contributed by atoms with van der Waals surface area (Å²) in [6.07, 6.45) is 0.978. The van der Waals surface area contributed by atoms with Gasteiger partial charge in [0.15, 0.2) is 0 Å². The Hall–Kier alpha value is -2.00. The highest BCUT2D eigenvalue weighted by Crippen LogP contribution is 2.20. The van der Waals surface area contributed by atoms with Gasteiger partial charge in [0.05, 0.1) is 17.0 Å². The quantitative estimate of drug-likeness (QED) is 0.793. The molecule has 0 saturated heterocycles. The van der Waals surface area contributed by atoms with E-state index in [-0.39, 0.29) is 11.6 Å². The molecule has 0 fully saturated rings. The fourth-order valence-corrected chi connectivity index (χ4v) is 3.87. The van der Waals surface area contributed by atoms with Crippen LogP contribution in [0.4, 0.5) is 10.1 Å². The fourth-order valence-electron chi connectivity index (χ4n) is 2.17. The highest BCUT2D eigenvalue weighted by atomic mass is 32.2. The van der Waals surface area contributed by atoms with E-state index in [1.165, 1.54) is 29.5 Å². The minimum atomic E-state index is -3.72. The molecule has 0 radical (unpaired) electrons. The van der Waals surface area contributed by atoms with Crippen LogP contribution >= 0.6 is 11.3 Å². The zero-order valence-electron chi connectivity index (χ0n) is 14.2. The Morgan fingerprint density at radius 1 is 1.44 bits per heavy atom. The summed E-state index contributed by atoms with van der Waals surface area (Å²) < 4.78 is 38.2. The van der Waals surface area contributed by atoms with Gasteiger partial charge in [-0.25, -0.2) is 17.8 Å². The number of aryl methyl sites for hydroxylation is 1. The van der Waals surface area contributed by atoms with Crippen molar-refractivity contribution in [2.75, 3.05) is 23.7 Å². The number of nitrogens with zero attached hydrogens (tertiary/aromatic N) is 2. The van der Waals surface area contributed by atoms with E-state index in [4.69, 9.17) is 0 Å². The number of hydrogen-bond acceptors (Lipinski definition) is 5. The lowest BCUT2D eigenvalue weighted by atomic mass is 10.2. The van der Waals surface area contributed by atoms with E-state index in [0.717, 1.165) is 27.3 Å². The van der Waals surface area contributed by atoms with Crippen molar-refractivity contribution in [2.45, 2.75) is 19.8 Å². The van der Waals surface area contributed by atoms with Gasteiger partial charge in [-0.3, -0.25) is 9.10 Å². The zero-order chi connectivity index (χ0) is 18.6. The molecule has 1 aromatic carbocycles. The molecule has 2 rings (SSSR count). The Morgan fingerprint density at radius 3 is 2.72 bits per heavy atom. The molecule has 1 unspecified atom stereocenters. The third-order valence-corrected chi connectivity index (χ3v) is 5.78. The topological polar surface area (TPSA) is 79.4 Å². The minimum Gasteiger partial charge on any atom is -0.354 e. The average molecular weight is 385 g/mol. The molecular formula is C16H20FN3O3S2. The van der Waals surface area contributed by atoms with E-state index in [2.05, 4.69) is 10.3 Å². The van der Waals surface area contributed by atoms with Crippen molar-refractivity contribution < 1.29 is 17.6 Å². The molecule has 1 atom stereocenters. The minimum absolute atomic E-state index is 0.0171. The highest BCUT2D eigenvalue weighted by Gasteiger charge is 2.21. The molecule has 136 valence electrons. The van der Waals surface area contributed by atoms with Gasteiger partial charge in [0.1, 0.15) is 12.4 Å². The molecule has 0 aliphatic heterocycles. The van der Waals surface area contributed by atoms with Gasteiger partial charge in [-0.2, -0.15) is 0 Å². The Bertz CT molecular complexity index is 852. The third kappa shape index (κ3) is 5.50. The summed E-state index contributed by atoms with van der Waals surface area (Å²) in [7, 11) is -3.72. The van der Waals surface area contributed by atoms with Crippen molar-refractivity contribution in [3.63, 3.8) is 0 Å². The molecule has 0 spiro atoms. The van der Waals surface area contributed by atoms with E-state index in [1.807, 2.05) is 19.2 Å². The smallest absolute Gasteiger partial charge is 0.240 e. The van der Waals surface area contributed by atoms with E-state index in [9.17, 15) is 17.6 Å². The number of rotatable bonds is 7. The average Bonchev–Trinajstić information content (AvgIpc) is 2.95. The second kappa shape index (κ2) is 7.92. The summed E-state index contributed by atoms with van der Waals surface area (Å²) in [6, 6.07) is 5.13. The Balaban J connectivity index is 2.02. The van der Waals surface area contributed by atoms with Gasteiger partial charge in [0.2, 0.25) is 15.9 Å². The van der Waals surface area contributed by atoms with Gasteiger partial charge >= 0.3 is 0 Å². The van der Waals surface area contributed by atoms with Gasteiger partial charge in [-0.1, -0.05) is 13.0 Å². The van der Waals surface area contributed by atoms with Crippen LogP contribution in [0.2, 0.25) is 0 Å². The number of anilines is 1. The molecule has 0 saturated carbocycles. The standard InChI is InChI=1S/C16H20FN3O3S2/c1-11(16-19-12(2)10-24-16)8-18-15(21)9-20(25(3,22)23)14-6-4-5-13(17)7-14/h4-7,10-11H,8-9H2,1-3H3,(H,18,21). The third-order valence-electron chi connectivity index (χ3n) is 3.45. The SMILES string of the molecule is Cc1csc(C(C)CNC(=O)CN(c2cccc(F)c2)S(C)(=O)=O)n1. The van der Waals surface area contributed by atoms with Crippen molar-refractivity contribution in [1.82, 2.24) is 10.3 Å². The van der Waals surface area contributed by atoms with Crippen molar-refractivity contribution in [1.29, 1.82) is 0 Å². The lowest BCUT2D eigenvalue weighted by Crippen LogP contribution is -2.41. The summed E-state index contributed by atoms with van der Waals surface area (Å²) in [4.78, 5) is 16.5. The Morgan fingerprint density at radius 2 is 2.16 bits per heavy atom. The number of amides is 1. The number of sulfonamides is 1. The van der Waals surface area contributed by atoms with Crippen LogP contribution in [0.3, 0.4) is 0 Å². The molecule has 2 aromatic rings. The molecule has 9 heteroatoms. The highest BCUT2D eigenvalue weighted by molar-refractivity contribution is 7.92. The van der Waals surface area contributed by atoms with Crippen LogP contribution in [0.15, 0.2) is 29.6 Å². The van der Waals surface area contributed by atoms with Gasteiger partial charge < -0.3 is 5.32 Å². The Labute approximate surface area is 150 Å². The summed E-state index contributed by atoms with van der Waals surface area (Å²) in [5.41, 5.74) is 1.04. The maximum atomic E-state index is 13.4. The lowest BCUT2D eigenvalue weighted by molar-refractivity contribution is -0.119. The van der Waals surface area contributed by atoms with E-state index in [0.29, 0.717) is 6.54 Å². The monoisotopic (exact) mass is 385 g/mol. The van der Waals surface area contributed by atoms with Crippen LogP contribution in [0.1, 0.15) is 23.5 Å². The van der Waals surface area contributed by atoms with Crippen molar-refractivity contribution >= 4 is 33.0 Å². The van der Waals surface area contributed by atoms with Crippen LogP contribution < -0.4 is 9.62 Å². The van der Waals surface area contributed by atoms with E-state index >= 15 is 0 Å². The molecular weight excluding hydrogens is 365 g/mol. The second-order valence-electron chi connectivity index (χ2n) is 5.78. The maximum absolute atomic E-state index is 13.4. The predicted molar refractivity (Wildman–Crippen MR) is 96.9 cm³/mol. The fraction of sp³-hybridized carbons (Fsp3) is 0.375. The summed E-state index contributed by atoms with van der Waals surface area (Å²) in [5.74, 6) is -1.02. The molecule has 1 aromatic heterocycles. The number of benzene rings is 1. The van der Waals surface area contributed by atoms with Crippen molar-refractivity contribution in [3.05, 3.63) is 46.2 Å². The van der Waals surface area contributed by atoms with Crippen LogP contribution in [0.25, 0.3) is 0 Å². The van der Waals surface area contributed by atoms with Gasteiger partial charge in [-0.15, -0.1) is 11.3 Å². The number of hydrogen-bond donors (Lipinski definition) is 1. The van der Waals surface area contributed by atoms with E-state index < -0.39 is 28.3 Å². The maximum Gasteiger partial charge on any atom is 0.240 e. The largest absolute Gasteiger partial charge is 0.354 e. The second-order valence-corrected chi connectivity index (χ2v) is 8.58. The summed E-state index contributed by atoms with van der Waals surface area (Å²) >= 11 is 1.52. The van der Waals surface area contributed by atoms with Gasteiger partial charge in [-0.05, 0) is 25.1 Å². The van der Waals surface area contributed by atoms with Crippen LogP contribution in [0, 0.1) is 12.7 Å². The molecule has 0 aliphatic carbocycles. The molecule has 0 bridgehead atoms. The van der Waals surface area contributed by atoms with Crippen LogP contribution in [-0.2, 0) is 14.8 Å². The first-order valence-corrected chi connectivity index (χ1v) is 10.3. The molecule has 6 nitrogen and oxygen atoms in total. The zero-order valence-corrected chi connectivity index (χ0v) is 15.8. The molecule has 0 aliphatic rings. The summed E-state index contributed by atoms with van der Waals surface area (Å²) in [5, 5.41) is 5.54. The number of carbonyl (C=O) groups excluding carboxylic acids is 1.